The molecule has 40 heavy (non-hydrogen) atoms. The van der Waals surface area contributed by atoms with Gasteiger partial charge in [0.05, 0.1) is 6.04 Å². The molecule has 0 N–H and O–H groups in total. The summed E-state index contributed by atoms with van der Waals surface area (Å²) in [6.07, 6.45) is 6.75. The van der Waals surface area contributed by atoms with Crippen LogP contribution in [0.15, 0.2) is 0 Å². The average molecular weight is 588 g/mol. The Balaban J connectivity index is 0.000000333. The van der Waals surface area contributed by atoms with E-state index in [1.165, 1.54) is 0 Å². The van der Waals surface area contributed by atoms with Gasteiger partial charge in [0.25, 0.3) is 0 Å². The van der Waals surface area contributed by atoms with Gasteiger partial charge >= 0.3 is 12.2 Å². The summed E-state index contributed by atoms with van der Waals surface area (Å²) in [4.78, 5) is 50.9. The molecule has 4 rings (SSSR count). The van der Waals surface area contributed by atoms with Crippen LogP contribution in [0.1, 0.15) is 101 Å². The Morgan fingerprint density at radius 1 is 0.775 bits per heavy atom. The lowest BCUT2D eigenvalue weighted by molar-refractivity contribution is -0.133. The van der Waals surface area contributed by atoms with Gasteiger partial charge in [-0.3, -0.25) is 9.59 Å². The number of hydrogen-bond acceptors (Lipinski definition) is 6. The maximum Gasteiger partial charge on any atom is 0.410 e. The van der Waals surface area contributed by atoms with Crippen LogP contribution in [0.4, 0.5) is 9.59 Å². The molecule has 0 bridgehead atoms. The molecule has 4 fully saturated rings. The third kappa shape index (κ3) is 13.1. The standard InChI is InChI=1S/C14H24N2O3.C11H21NO2.C4H5ClO.CH4/c1-14(2,3)19-13(18)16-8-7-11(9-16)15(4)12(17)10-5-6-10;1-5-9-6-7-12(8-9)10(13)14-11(2,3)4;5-4(6)3-1-2-3;/h10-11H,5-9H2,1-4H3;9H,5-8H2,1-4H3;3H,1-2H2;1H4/t11-;9-;;/m00../s1. The van der Waals surface area contributed by atoms with Gasteiger partial charge in [-0.05, 0) is 97.6 Å². The first-order valence-electron chi connectivity index (χ1n) is 14.4. The first kappa shape index (κ1) is 36.0. The molecule has 0 aromatic carbocycles. The van der Waals surface area contributed by atoms with Gasteiger partial charge in [0, 0.05) is 45.1 Å². The Morgan fingerprint density at radius 2 is 1.23 bits per heavy atom. The highest BCUT2D eigenvalue weighted by Gasteiger charge is 2.38. The van der Waals surface area contributed by atoms with Gasteiger partial charge in [0.15, 0.2) is 0 Å². The lowest BCUT2D eigenvalue weighted by atomic mass is 10.1. The number of hydrogen-bond donors (Lipinski definition) is 0. The van der Waals surface area contributed by atoms with Gasteiger partial charge in [-0.1, -0.05) is 20.8 Å². The number of rotatable bonds is 4. The highest BCUT2D eigenvalue weighted by molar-refractivity contribution is 6.64. The molecule has 232 valence electrons. The Morgan fingerprint density at radius 3 is 1.57 bits per heavy atom. The third-order valence-corrected chi connectivity index (χ3v) is 7.36. The fraction of sp³-hybridized carbons (Fsp3) is 0.867. The topological polar surface area (TPSA) is 96.5 Å². The van der Waals surface area contributed by atoms with Crippen LogP contribution in [0.3, 0.4) is 0 Å². The molecule has 0 unspecified atom stereocenters. The summed E-state index contributed by atoms with van der Waals surface area (Å²) in [5.74, 6) is 1.37. The summed E-state index contributed by atoms with van der Waals surface area (Å²) in [6, 6.07) is 0.139. The molecule has 2 atom stereocenters. The van der Waals surface area contributed by atoms with E-state index in [9.17, 15) is 19.2 Å². The van der Waals surface area contributed by atoms with Gasteiger partial charge in [-0.15, -0.1) is 0 Å². The molecule has 0 radical (unpaired) electrons. The molecule has 0 aromatic rings. The van der Waals surface area contributed by atoms with Crippen LogP contribution in [-0.4, -0.2) is 88.5 Å². The van der Waals surface area contributed by atoms with Gasteiger partial charge < -0.3 is 24.2 Å². The molecular weight excluding hydrogens is 534 g/mol. The normalized spacial score (nSPS) is 22.1. The Labute approximate surface area is 247 Å². The summed E-state index contributed by atoms with van der Waals surface area (Å²) in [5, 5.41) is -0.157. The molecule has 4 aliphatic rings. The van der Waals surface area contributed by atoms with Crippen molar-refractivity contribution in [1.82, 2.24) is 14.7 Å². The maximum absolute atomic E-state index is 12.0. The fourth-order valence-corrected chi connectivity index (χ4v) is 4.54. The summed E-state index contributed by atoms with van der Waals surface area (Å²) in [7, 11) is 1.85. The van der Waals surface area contributed by atoms with Gasteiger partial charge in [0.1, 0.15) is 11.2 Å². The second-order valence-electron chi connectivity index (χ2n) is 13.2. The molecule has 0 spiro atoms. The van der Waals surface area contributed by atoms with E-state index in [0.29, 0.717) is 19.0 Å². The van der Waals surface area contributed by atoms with Gasteiger partial charge in [0.2, 0.25) is 11.1 Å². The zero-order chi connectivity index (χ0) is 29.5. The van der Waals surface area contributed by atoms with Crippen molar-refractivity contribution in [3.63, 3.8) is 0 Å². The van der Waals surface area contributed by atoms with Gasteiger partial charge in [-0.2, -0.15) is 0 Å². The van der Waals surface area contributed by atoms with Crippen molar-refractivity contribution in [2.24, 2.45) is 17.8 Å². The van der Waals surface area contributed by atoms with E-state index in [2.05, 4.69) is 6.92 Å². The number of ether oxygens (including phenoxy) is 2. The maximum atomic E-state index is 12.0. The summed E-state index contributed by atoms with van der Waals surface area (Å²) < 4.78 is 10.7. The van der Waals surface area contributed by atoms with Crippen LogP contribution >= 0.6 is 11.6 Å². The molecule has 10 heteroatoms. The minimum absolute atomic E-state index is 0. The van der Waals surface area contributed by atoms with Crippen molar-refractivity contribution in [2.45, 2.75) is 118 Å². The third-order valence-electron chi connectivity index (χ3n) is 7.05. The van der Waals surface area contributed by atoms with E-state index >= 15 is 0 Å². The molecule has 2 saturated carbocycles. The SMILES string of the molecule is C.CC[C@H]1CCN(C(=O)OC(C)(C)C)C1.CN(C(=O)C1CC1)[C@H]1CCN(C(=O)OC(C)(C)C)C1.O=C(Cl)C1CC1. The van der Waals surface area contributed by atoms with Crippen LogP contribution in [-0.2, 0) is 19.1 Å². The Hall–Kier alpha value is -2.03. The predicted octanol–water partition coefficient (Wildman–Crippen LogP) is 6.32. The highest BCUT2D eigenvalue weighted by Crippen LogP contribution is 2.32. The van der Waals surface area contributed by atoms with Crippen molar-refractivity contribution >= 4 is 34.9 Å². The van der Waals surface area contributed by atoms with E-state index < -0.39 is 5.60 Å². The molecule has 2 heterocycles. The van der Waals surface area contributed by atoms with E-state index in [1.54, 1.807) is 4.90 Å². The average Bonchev–Trinajstić information content (AvgIpc) is 3.75. The molecule has 3 amide bonds. The van der Waals surface area contributed by atoms with Crippen LogP contribution in [0.25, 0.3) is 0 Å². The Kier molecular flexibility index (Phi) is 13.7. The molecule has 2 aliphatic carbocycles. The Bertz CT molecular complexity index is 860. The summed E-state index contributed by atoms with van der Waals surface area (Å²) in [6.45, 7) is 16.4. The second-order valence-corrected chi connectivity index (χ2v) is 13.5. The number of carbonyl (C=O) groups excluding carboxylic acids is 4. The number of amides is 3. The van der Waals surface area contributed by atoms with E-state index in [4.69, 9.17) is 21.1 Å². The minimum atomic E-state index is -0.467. The number of nitrogens with zero attached hydrogens (tertiary/aromatic N) is 3. The molecule has 2 aliphatic heterocycles. The minimum Gasteiger partial charge on any atom is -0.444 e. The van der Waals surface area contributed by atoms with Crippen LogP contribution < -0.4 is 0 Å². The molecule has 0 aromatic heterocycles. The van der Waals surface area contributed by atoms with Crippen molar-refractivity contribution in [3.8, 4) is 0 Å². The first-order chi connectivity index (χ1) is 18.0. The van der Waals surface area contributed by atoms with Crippen molar-refractivity contribution in [3.05, 3.63) is 0 Å². The number of likely N-dealkylation sites (N-methyl/N-ethyl adjacent to an activating group) is 1. The molecular formula is C30H54ClN3O6. The second kappa shape index (κ2) is 15.3. The summed E-state index contributed by atoms with van der Waals surface area (Å²) in [5.41, 5.74) is -0.841. The van der Waals surface area contributed by atoms with Crippen molar-refractivity contribution in [1.29, 1.82) is 0 Å². The fourth-order valence-electron chi connectivity index (χ4n) is 4.32. The quantitative estimate of drug-likeness (QED) is 0.357. The van der Waals surface area contributed by atoms with E-state index in [0.717, 1.165) is 58.0 Å². The van der Waals surface area contributed by atoms with Crippen LogP contribution in [0, 0.1) is 17.8 Å². The van der Waals surface area contributed by atoms with Crippen LogP contribution in [0.5, 0.6) is 0 Å². The largest absolute Gasteiger partial charge is 0.444 e. The summed E-state index contributed by atoms with van der Waals surface area (Å²) >= 11 is 5.04. The lowest BCUT2D eigenvalue weighted by Crippen LogP contribution is -2.41. The highest BCUT2D eigenvalue weighted by atomic mass is 35.5. The molecule has 9 nitrogen and oxygen atoms in total. The van der Waals surface area contributed by atoms with E-state index in [-0.39, 0.29) is 54.2 Å². The smallest absolute Gasteiger partial charge is 0.410 e. The monoisotopic (exact) mass is 587 g/mol. The van der Waals surface area contributed by atoms with Crippen LogP contribution in [0.2, 0.25) is 0 Å². The van der Waals surface area contributed by atoms with Crippen molar-refractivity contribution < 1.29 is 28.7 Å². The van der Waals surface area contributed by atoms with Gasteiger partial charge in [-0.25, -0.2) is 9.59 Å². The van der Waals surface area contributed by atoms with E-state index in [1.807, 2.05) is 58.4 Å². The van der Waals surface area contributed by atoms with Crippen molar-refractivity contribution in [2.75, 3.05) is 33.2 Å². The predicted molar refractivity (Wildman–Crippen MR) is 158 cm³/mol. The number of carbonyl (C=O) groups is 4. The zero-order valence-corrected chi connectivity index (χ0v) is 26.0. The number of halogens is 1. The zero-order valence-electron chi connectivity index (χ0n) is 25.3. The lowest BCUT2D eigenvalue weighted by Gasteiger charge is -2.26. The number of likely N-dealkylation sites (tertiary alicyclic amines) is 2. The first-order valence-corrected chi connectivity index (χ1v) is 14.8. The molecule has 2 saturated heterocycles.